The monoisotopic (exact) mass is 183 g/mol. The fourth-order valence-corrected chi connectivity index (χ4v) is 0.917. The highest BCUT2D eigenvalue weighted by molar-refractivity contribution is 5.32. The first-order chi connectivity index (χ1) is 6.81. The maximum atomic E-state index is 8.66. The second-order valence-electron chi connectivity index (χ2n) is 2.43. The fraction of sp³-hybridized carbons (Fsp3) is 0.222. The maximum Gasteiger partial charge on any atom is 0.142 e. The van der Waals surface area contributed by atoms with E-state index in [1.54, 1.807) is 0 Å². The van der Waals surface area contributed by atoms with Gasteiger partial charge in [0, 0.05) is 6.20 Å². The Labute approximate surface area is 80.9 Å². The van der Waals surface area contributed by atoms with Gasteiger partial charge >= 0.3 is 0 Å². The van der Waals surface area contributed by atoms with Crippen molar-refractivity contribution in [1.82, 2.24) is 9.97 Å². The third-order valence-corrected chi connectivity index (χ3v) is 1.52. The zero-order chi connectivity index (χ0) is 10.4. The minimum atomic E-state index is 0.0594. The van der Waals surface area contributed by atoms with Crippen LogP contribution >= 0.6 is 0 Å². The maximum absolute atomic E-state index is 8.66. The number of nitriles is 3. The summed E-state index contributed by atoms with van der Waals surface area (Å²) in [5.74, 6) is 0.344. The van der Waals surface area contributed by atoms with Gasteiger partial charge in [0.15, 0.2) is 0 Å². The number of aromatic nitrogens is 2. The van der Waals surface area contributed by atoms with E-state index < -0.39 is 0 Å². The molecule has 0 aliphatic carbocycles. The smallest absolute Gasteiger partial charge is 0.142 e. The summed E-state index contributed by atoms with van der Waals surface area (Å²) >= 11 is 0. The molecule has 0 spiro atoms. The first-order valence-electron chi connectivity index (χ1n) is 3.80. The molecule has 0 bridgehead atoms. The SMILES string of the molecule is N#CCc1ncc(C#N)c(CC#N)n1. The Bertz CT molecular complexity index is 458. The van der Waals surface area contributed by atoms with Crippen LogP contribution in [0.1, 0.15) is 17.1 Å². The largest absolute Gasteiger partial charge is 0.239 e. The minimum absolute atomic E-state index is 0.0594. The van der Waals surface area contributed by atoms with Crippen LogP contribution < -0.4 is 0 Å². The molecule has 0 saturated carbocycles. The quantitative estimate of drug-likeness (QED) is 0.664. The van der Waals surface area contributed by atoms with Gasteiger partial charge in [-0.25, -0.2) is 9.97 Å². The van der Waals surface area contributed by atoms with Gasteiger partial charge < -0.3 is 0 Å². The lowest BCUT2D eigenvalue weighted by molar-refractivity contribution is 0.937. The van der Waals surface area contributed by atoms with Crippen LogP contribution in [0.3, 0.4) is 0 Å². The van der Waals surface area contributed by atoms with Gasteiger partial charge in [0.25, 0.3) is 0 Å². The van der Waals surface area contributed by atoms with Crippen molar-refractivity contribution in [2.45, 2.75) is 12.8 Å². The van der Waals surface area contributed by atoms with Crippen molar-refractivity contribution in [3.63, 3.8) is 0 Å². The molecule has 0 N–H and O–H groups in total. The van der Waals surface area contributed by atoms with Crippen LogP contribution in [-0.4, -0.2) is 9.97 Å². The van der Waals surface area contributed by atoms with E-state index in [0.29, 0.717) is 11.5 Å². The molecule has 5 heteroatoms. The van der Waals surface area contributed by atoms with Crippen LogP contribution in [0.4, 0.5) is 0 Å². The van der Waals surface area contributed by atoms with E-state index in [9.17, 15) is 0 Å². The van der Waals surface area contributed by atoms with Gasteiger partial charge in [0.1, 0.15) is 11.9 Å². The summed E-state index contributed by atoms with van der Waals surface area (Å²) in [5, 5.41) is 25.5. The van der Waals surface area contributed by atoms with Crippen LogP contribution in [0.5, 0.6) is 0 Å². The molecule has 0 aliphatic rings. The van der Waals surface area contributed by atoms with Crippen molar-refractivity contribution in [3.05, 3.63) is 23.3 Å². The number of rotatable bonds is 2. The summed E-state index contributed by atoms with van der Waals surface area (Å²) in [6.45, 7) is 0. The first-order valence-corrected chi connectivity index (χ1v) is 3.80. The zero-order valence-corrected chi connectivity index (χ0v) is 7.23. The molecular formula is C9H5N5. The van der Waals surface area contributed by atoms with Crippen molar-refractivity contribution in [2.24, 2.45) is 0 Å². The Morgan fingerprint density at radius 2 is 1.86 bits per heavy atom. The highest BCUT2D eigenvalue weighted by atomic mass is 14.9. The summed E-state index contributed by atoms with van der Waals surface area (Å²) < 4.78 is 0. The highest BCUT2D eigenvalue weighted by Gasteiger charge is 2.05. The molecule has 14 heavy (non-hydrogen) atoms. The molecule has 0 amide bonds. The van der Waals surface area contributed by atoms with Crippen LogP contribution in [0.2, 0.25) is 0 Å². The Kier molecular flexibility index (Phi) is 3.13. The van der Waals surface area contributed by atoms with Gasteiger partial charge in [-0.2, -0.15) is 15.8 Å². The van der Waals surface area contributed by atoms with E-state index in [1.807, 2.05) is 18.2 Å². The van der Waals surface area contributed by atoms with Gasteiger partial charge in [0.05, 0.1) is 36.2 Å². The van der Waals surface area contributed by atoms with Crippen LogP contribution in [0.25, 0.3) is 0 Å². The van der Waals surface area contributed by atoms with Crippen LogP contribution in [0, 0.1) is 34.0 Å². The van der Waals surface area contributed by atoms with Gasteiger partial charge in [-0.3, -0.25) is 0 Å². The Hall–Kier alpha value is -2.45. The summed E-state index contributed by atoms with van der Waals surface area (Å²) in [4.78, 5) is 7.76. The Balaban J connectivity index is 3.11. The Morgan fingerprint density at radius 3 is 2.43 bits per heavy atom. The van der Waals surface area contributed by atoms with Gasteiger partial charge in [-0.1, -0.05) is 0 Å². The van der Waals surface area contributed by atoms with E-state index in [1.165, 1.54) is 6.20 Å². The molecule has 1 heterocycles. The summed E-state index contributed by atoms with van der Waals surface area (Å²) in [6, 6.07) is 5.69. The summed E-state index contributed by atoms with van der Waals surface area (Å²) in [6.07, 6.45) is 1.49. The molecule has 0 saturated heterocycles. The minimum Gasteiger partial charge on any atom is -0.239 e. The van der Waals surface area contributed by atoms with Crippen molar-refractivity contribution in [3.8, 4) is 18.2 Å². The van der Waals surface area contributed by atoms with Crippen molar-refractivity contribution in [2.75, 3.05) is 0 Å². The zero-order valence-electron chi connectivity index (χ0n) is 7.23. The third-order valence-electron chi connectivity index (χ3n) is 1.52. The van der Waals surface area contributed by atoms with E-state index in [-0.39, 0.29) is 18.4 Å². The number of nitrogens with zero attached hydrogens (tertiary/aromatic N) is 5. The molecule has 0 unspecified atom stereocenters. The first kappa shape index (κ1) is 9.64. The highest BCUT2D eigenvalue weighted by Crippen LogP contribution is 2.04. The summed E-state index contributed by atoms with van der Waals surface area (Å²) in [5.41, 5.74) is 0.670. The van der Waals surface area contributed by atoms with Crippen molar-refractivity contribution in [1.29, 1.82) is 15.8 Å². The fourth-order valence-electron chi connectivity index (χ4n) is 0.917. The normalized spacial score (nSPS) is 8.36. The van der Waals surface area contributed by atoms with Gasteiger partial charge in [-0.15, -0.1) is 0 Å². The molecule has 1 aromatic heterocycles. The third kappa shape index (κ3) is 2.03. The summed E-state index contributed by atoms with van der Waals surface area (Å²) in [7, 11) is 0. The average Bonchev–Trinajstić information content (AvgIpc) is 2.19. The molecule has 1 aromatic rings. The van der Waals surface area contributed by atoms with Crippen LogP contribution in [-0.2, 0) is 12.8 Å². The molecule has 0 radical (unpaired) electrons. The molecule has 0 aliphatic heterocycles. The molecule has 0 aromatic carbocycles. The lowest BCUT2D eigenvalue weighted by atomic mass is 10.2. The lowest BCUT2D eigenvalue weighted by Gasteiger charge is -1.98. The molecule has 66 valence electrons. The predicted octanol–water partition coefficient (Wildman–Crippen LogP) is 0.480. The Morgan fingerprint density at radius 1 is 1.14 bits per heavy atom. The van der Waals surface area contributed by atoms with Gasteiger partial charge in [0.2, 0.25) is 0 Å². The van der Waals surface area contributed by atoms with E-state index in [4.69, 9.17) is 15.8 Å². The second-order valence-corrected chi connectivity index (χ2v) is 2.43. The molecular weight excluding hydrogens is 178 g/mol. The van der Waals surface area contributed by atoms with E-state index in [0.717, 1.165) is 0 Å². The van der Waals surface area contributed by atoms with Crippen LogP contribution in [0.15, 0.2) is 6.20 Å². The molecule has 1 rings (SSSR count). The standard InChI is InChI=1S/C9H5N5/c10-3-1-8-7(5-12)6-13-9(14-8)2-4-11/h6H,1-2H2. The van der Waals surface area contributed by atoms with Gasteiger partial charge in [-0.05, 0) is 0 Å². The average molecular weight is 183 g/mol. The number of hydrogen-bond donors (Lipinski definition) is 0. The molecule has 5 nitrogen and oxygen atoms in total. The predicted molar refractivity (Wildman–Crippen MR) is 45.4 cm³/mol. The number of hydrogen-bond acceptors (Lipinski definition) is 5. The van der Waals surface area contributed by atoms with E-state index in [2.05, 4.69) is 9.97 Å². The van der Waals surface area contributed by atoms with E-state index >= 15 is 0 Å². The molecule has 0 atom stereocenters. The lowest BCUT2D eigenvalue weighted by Crippen LogP contribution is -2.01. The topological polar surface area (TPSA) is 97.1 Å². The van der Waals surface area contributed by atoms with Crippen molar-refractivity contribution < 1.29 is 0 Å². The molecule has 0 fully saturated rings. The van der Waals surface area contributed by atoms with Crippen molar-refractivity contribution >= 4 is 0 Å². The second kappa shape index (κ2) is 4.54.